The molecule has 0 unspecified atom stereocenters. The van der Waals surface area contributed by atoms with Crippen molar-refractivity contribution in [2.24, 2.45) is 4.99 Å². The van der Waals surface area contributed by atoms with Gasteiger partial charge in [0.25, 0.3) is 0 Å². The van der Waals surface area contributed by atoms with E-state index < -0.39 is 0 Å². The van der Waals surface area contributed by atoms with E-state index in [0.29, 0.717) is 25.2 Å². The van der Waals surface area contributed by atoms with Crippen LogP contribution in [0.15, 0.2) is 11.3 Å². The highest BCUT2D eigenvalue weighted by Gasteiger charge is 2.27. The number of carbonyl (C=O) groups is 1. The van der Waals surface area contributed by atoms with Crippen LogP contribution in [0, 0.1) is 0 Å². The minimum atomic E-state index is 0. The van der Waals surface area contributed by atoms with Gasteiger partial charge in [0.1, 0.15) is 12.2 Å². The third kappa shape index (κ3) is 7.30. The Kier molecular flexibility index (Phi) is 9.36. The molecule has 31 heavy (non-hydrogen) atoms. The SMILES string of the molecule is CCc1nncn1CCN=C(NC1CCCC1)N1CCN(CC(=O)NC2CC2)CC1.I. The number of amides is 1. The Hall–Kier alpha value is -1.43. The van der Waals surface area contributed by atoms with Crippen LogP contribution >= 0.6 is 24.0 Å². The van der Waals surface area contributed by atoms with Crippen LogP contribution in [0.4, 0.5) is 0 Å². The third-order valence-corrected chi connectivity index (χ3v) is 6.28. The number of hydrogen-bond donors (Lipinski definition) is 2. The summed E-state index contributed by atoms with van der Waals surface area (Å²) in [5, 5.41) is 15.0. The molecule has 0 aromatic carbocycles. The number of aromatic nitrogens is 3. The van der Waals surface area contributed by atoms with Crippen LogP contribution < -0.4 is 10.6 Å². The second-order valence-electron chi connectivity index (χ2n) is 8.73. The maximum Gasteiger partial charge on any atom is 0.234 e. The van der Waals surface area contributed by atoms with E-state index in [1.807, 2.05) is 0 Å². The Morgan fingerprint density at radius 2 is 1.81 bits per heavy atom. The molecule has 1 amide bonds. The van der Waals surface area contributed by atoms with E-state index in [2.05, 4.69) is 42.1 Å². The minimum absolute atomic E-state index is 0. The van der Waals surface area contributed by atoms with Crippen LogP contribution in [-0.2, 0) is 17.8 Å². The van der Waals surface area contributed by atoms with Gasteiger partial charge in [-0.15, -0.1) is 34.2 Å². The van der Waals surface area contributed by atoms with E-state index in [0.717, 1.165) is 63.8 Å². The number of piperazine rings is 1. The van der Waals surface area contributed by atoms with Gasteiger partial charge in [-0.2, -0.15) is 0 Å². The normalized spacial score (nSPS) is 20.5. The monoisotopic (exact) mass is 544 g/mol. The number of rotatable bonds is 8. The third-order valence-electron chi connectivity index (χ3n) is 6.28. The minimum Gasteiger partial charge on any atom is -0.354 e. The molecule has 9 nitrogen and oxygen atoms in total. The van der Waals surface area contributed by atoms with Crippen molar-refractivity contribution in [2.75, 3.05) is 39.3 Å². The Balaban J connectivity index is 0.00000272. The molecular formula is C21H37IN8O. The molecule has 0 radical (unpaired) electrons. The lowest BCUT2D eigenvalue weighted by atomic mass is 10.2. The van der Waals surface area contributed by atoms with Crippen molar-refractivity contribution in [3.05, 3.63) is 12.2 Å². The molecule has 1 aliphatic heterocycles. The molecule has 0 bridgehead atoms. The van der Waals surface area contributed by atoms with Crippen molar-refractivity contribution in [2.45, 2.75) is 70.5 Å². The predicted octanol–water partition coefficient (Wildman–Crippen LogP) is 1.24. The smallest absolute Gasteiger partial charge is 0.234 e. The van der Waals surface area contributed by atoms with Crippen LogP contribution in [0.3, 0.4) is 0 Å². The molecule has 2 saturated carbocycles. The maximum absolute atomic E-state index is 12.1. The van der Waals surface area contributed by atoms with Crippen LogP contribution in [0.2, 0.25) is 0 Å². The first-order chi connectivity index (χ1) is 14.7. The lowest BCUT2D eigenvalue weighted by molar-refractivity contribution is -0.122. The Bertz CT molecular complexity index is 721. The predicted molar refractivity (Wildman–Crippen MR) is 132 cm³/mol. The summed E-state index contributed by atoms with van der Waals surface area (Å²) in [6, 6.07) is 0.972. The fraction of sp³-hybridized carbons (Fsp3) is 0.810. The lowest BCUT2D eigenvalue weighted by Crippen LogP contribution is -2.55. The highest BCUT2D eigenvalue weighted by molar-refractivity contribution is 14.0. The van der Waals surface area contributed by atoms with Gasteiger partial charge in [-0.05, 0) is 25.7 Å². The molecule has 174 valence electrons. The van der Waals surface area contributed by atoms with E-state index in [4.69, 9.17) is 4.99 Å². The molecule has 2 aliphatic carbocycles. The van der Waals surface area contributed by atoms with Crippen molar-refractivity contribution < 1.29 is 4.79 Å². The van der Waals surface area contributed by atoms with Gasteiger partial charge in [-0.1, -0.05) is 19.8 Å². The van der Waals surface area contributed by atoms with E-state index in [1.165, 1.54) is 25.7 Å². The van der Waals surface area contributed by atoms with Crippen molar-refractivity contribution >= 4 is 35.8 Å². The van der Waals surface area contributed by atoms with Gasteiger partial charge in [0.15, 0.2) is 5.96 Å². The molecule has 10 heteroatoms. The number of aliphatic imine (C=N–C) groups is 1. The quantitative estimate of drug-likeness (QED) is 0.291. The first-order valence-corrected chi connectivity index (χ1v) is 11.7. The topological polar surface area (TPSA) is 90.7 Å². The second-order valence-corrected chi connectivity index (χ2v) is 8.73. The molecular weight excluding hydrogens is 507 g/mol. The lowest BCUT2D eigenvalue weighted by Gasteiger charge is -2.37. The molecule has 4 rings (SSSR count). The zero-order valence-corrected chi connectivity index (χ0v) is 21.0. The van der Waals surface area contributed by atoms with Gasteiger partial charge in [-0.3, -0.25) is 14.7 Å². The molecule has 0 atom stereocenters. The van der Waals surface area contributed by atoms with Crippen molar-refractivity contribution in [1.82, 2.24) is 35.2 Å². The van der Waals surface area contributed by atoms with E-state index in [-0.39, 0.29) is 29.9 Å². The summed E-state index contributed by atoms with van der Waals surface area (Å²) in [7, 11) is 0. The van der Waals surface area contributed by atoms with Gasteiger partial charge in [0.05, 0.1) is 13.1 Å². The highest BCUT2D eigenvalue weighted by Crippen LogP contribution is 2.19. The molecule has 2 N–H and O–H groups in total. The van der Waals surface area contributed by atoms with Gasteiger partial charge < -0.3 is 20.1 Å². The molecule has 3 fully saturated rings. The van der Waals surface area contributed by atoms with Gasteiger partial charge in [-0.25, -0.2) is 0 Å². The average molecular weight is 544 g/mol. The number of halogens is 1. The van der Waals surface area contributed by atoms with Gasteiger partial charge in [0.2, 0.25) is 5.91 Å². The average Bonchev–Trinajstić information content (AvgIpc) is 3.22. The summed E-state index contributed by atoms with van der Waals surface area (Å²) in [6.07, 6.45) is 10.0. The first-order valence-electron chi connectivity index (χ1n) is 11.7. The zero-order valence-electron chi connectivity index (χ0n) is 18.6. The molecule has 2 heterocycles. The van der Waals surface area contributed by atoms with Crippen molar-refractivity contribution in [3.63, 3.8) is 0 Å². The largest absolute Gasteiger partial charge is 0.354 e. The number of guanidine groups is 1. The standard InChI is InChI=1S/C21H36N8O.HI/c1-2-19-26-23-16-29(19)10-9-22-21(25-17-5-3-4-6-17)28-13-11-27(12-14-28)15-20(30)24-18-7-8-18;/h16-18H,2-15H2,1H3,(H,22,25)(H,24,30);1H. The van der Waals surface area contributed by atoms with E-state index >= 15 is 0 Å². The zero-order chi connectivity index (χ0) is 20.8. The second kappa shape index (κ2) is 12.0. The summed E-state index contributed by atoms with van der Waals surface area (Å²) in [6.45, 7) is 7.73. The van der Waals surface area contributed by atoms with Crippen LogP contribution in [-0.4, -0.2) is 87.8 Å². The summed E-state index contributed by atoms with van der Waals surface area (Å²) < 4.78 is 2.09. The van der Waals surface area contributed by atoms with Crippen molar-refractivity contribution in [3.8, 4) is 0 Å². The van der Waals surface area contributed by atoms with Crippen LogP contribution in [0.5, 0.6) is 0 Å². The molecule has 1 saturated heterocycles. The molecule has 3 aliphatic rings. The Morgan fingerprint density at radius 3 is 2.48 bits per heavy atom. The fourth-order valence-electron chi connectivity index (χ4n) is 4.31. The first kappa shape index (κ1) is 24.2. The molecule has 1 aromatic heterocycles. The number of nitrogens with zero attached hydrogens (tertiary/aromatic N) is 6. The van der Waals surface area contributed by atoms with E-state index in [9.17, 15) is 4.79 Å². The summed E-state index contributed by atoms with van der Waals surface area (Å²) in [5.74, 6) is 2.20. The number of carbonyl (C=O) groups excluding carboxylic acids is 1. The highest BCUT2D eigenvalue weighted by atomic mass is 127. The van der Waals surface area contributed by atoms with Gasteiger partial charge in [0, 0.05) is 51.2 Å². The maximum atomic E-state index is 12.1. The fourth-order valence-corrected chi connectivity index (χ4v) is 4.31. The van der Waals surface area contributed by atoms with E-state index in [1.54, 1.807) is 6.33 Å². The Labute approximate surface area is 202 Å². The number of aryl methyl sites for hydroxylation is 1. The number of hydrogen-bond acceptors (Lipinski definition) is 5. The van der Waals surface area contributed by atoms with Crippen LogP contribution in [0.1, 0.15) is 51.3 Å². The van der Waals surface area contributed by atoms with Crippen molar-refractivity contribution in [1.29, 1.82) is 0 Å². The van der Waals surface area contributed by atoms with Gasteiger partial charge >= 0.3 is 0 Å². The number of nitrogens with one attached hydrogen (secondary N) is 2. The summed E-state index contributed by atoms with van der Waals surface area (Å²) in [4.78, 5) is 21.7. The molecule has 0 spiro atoms. The summed E-state index contributed by atoms with van der Waals surface area (Å²) in [5.41, 5.74) is 0. The van der Waals surface area contributed by atoms with Crippen LogP contribution in [0.25, 0.3) is 0 Å². The summed E-state index contributed by atoms with van der Waals surface area (Å²) >= 11 is 0. The Morgan fingerprint density at radius 1 is 1.10 bits per heavy atom. The molecule has 1 aromatic rings.